The van der Waals surface area contributed by atoms with Gasteiger partial charge in [-0.3, -0.25) is 4.98 Å². The predicted octanol–water partition coefficient (Wildman–Crippen LogP) is 3.31. The normalized spacial score (nSPS) is 16.7. The maximum absolute atomic E-state index is 12.2. The molecule has 0 bridgehead atoms. The lowest BCUT2D eigenvalue weighted by Crippen LogP contribution is -2.49. The number of aromatic nitrogens is 6. The molecular weight excluding hydrogens is 432 g/mol. The van der Waals surface area contributed by atoms with Gasteiger partial charge in [0.1, 0.15) is 11.4 Å². The van der Waals surface area contributed by atoms with Crippen LogP contribution in [-0.2, 0) is 11.3 Å². The van der Waals surface area contributed by atoms with E-state index in [-0.39, 0.29) is 6.04 Å². The number of hydrogen-bond donors (Lipinski definition) is 1. The molecule has 176 valence electrons. The number of alkyl carbamates (subject to hydrolysis) is 1. The van der Waals surface area contributed by atoms with Gasteiger partial charge in [0, 0.05) is 30.7 Å². The third kappa shape index (κ3) is 4.90. The average molecular weight is 461 g/mol. The zero-order chi connectivity index (χ0) is 23.7. The van der Waals surface area contributed by atoms with Crippen LogP contribution in [0.5, 0.6) is 0 Å². The highest BCUT2D eigenvalue weighted by molar-refractivity contribution is 5.79. The van der Waals surface area contributed by atoms with Gasteiger partial charge in [0.25, 0.3) is 0 Å². The summed E-state index contributed by atoms with van der Waals surface area (Å²) in [6.07, 6.45) is 4.94. The Hall–Kier alpha value is -3.82. The Balaban J connectivity index is 1.33. The summed E-state index contributed by atoms with van der Waals surface area (Å²) in [7, 11) is 0. The number of benzene rings is 1. The highest BCUT2D eigenvalue weighted by Crippen LogP contribution is 2.21. The molecule has 1 aromatic carbocycles. The van der Waals surface area contributed by atoms with Gasteiger partial charge in [0.15, 0.2) is 5.65 Å². The summed E-state index contributed by atoms with van der Waals surface area (Å²) in [5, 5.41) is 12.5. The number of ether oxygens (including phenoxy) is 1. The van der Waals surface area contributed by atoms with Crippen molar-refractivity contribution < 1.29 is 9.53 Å². The van der Waals surface area contributed by atoms with E-state index in [9.17, 15) is 4.79 Å². The molecule has 0 aliphatic carbocycles. The van der Waals surface area contributed by atoms with Crippen molar-refractivity contribution in [3.8, 4) is 0 Å². The molecule has 1 aliphatic rings. The lowest BCUT2D eigenvalue weighted by molar-refractivity contribution is 0.0500. The fourth-order valence-corrected chi connectivity index (χ4v) is 4.18. The second-order valence-electron chi connectivity index (χ2n) is 9.58. The second-order valence-corrected chi connectivity index (χ2v) is 9.58. The van der Waals surface area contributed by atoms with Gasteiger partial charge >= 0.3 is 6.09 Å². The molecule has 1 N–H and O–H groups in total. The molecule has 0 saturated carbocycles. The van der Waals surface area contributed by atoms with Gasteiger partial charge in [-0.2, -0.15) is 0 Å². The molecule has 1 atom stereocenters. The van der Waals surface area contributed by atoms with Gasteiger partial charge in [-0.05, 0) is 57.4 Å². The Morgan fingerprint density at radius 2 is 2.12 bits per heavy atom. The van der Waals surface area contributed by atoms with Crippen molar-refractivity contribution in [3.05, 3.63) is 48.3 Å². The van der Waals surface area contributed by atoms with Gasteiger partial charge in [-0.1, -0.05) is 17.3 Å². The lowest BCUT2D eigenvalue weighted by atomic mass is 10.1. The first kappa shape index (κ1) is 22.0. The topological polar surface area (TPSA) is 111 Å². The van der Waals surface area contributed by atoms with Gasteiger partial charge < -0.3 is 15.0 Å². The molecule has 4 aromatic rings. The fourth-order valence-electron chi connectivity index (χ4n) is 4.18. The molecule has 34 heavy (non-hydrogen) atoms. The molecule has 1 aliphatic heterocycles. The van der Waals surface area contributed by atoms with Crippen molar-refractivity contribution in [3.63, 3.8) is 0 Å². The maximum Gasteiger partial charge on any atom is 0.407 e. The van der Waals surface area contributed by atoms with Crippen molar-refractivity contribution in [2.45, 2.75) is 51.8 Å². The van der Waals surface area contributed by atoms with Gasteiger partial charge in [0.2, 0.25) is 5.65 Å². The van der Waals surface area contributed by atoms with E-state index in [1.54, 1.807) is 17.1 Å². The smallest absolute Gasteiger partial charge is 0.407 e. The minimum absolute atomic E-state index is 0.0182. The number of amides is 1. The van der Waals surface area contributed by atoms with Crippen molar-refractivity contribution >= 4 is 34.1 Å². The number of rotatable bonds is 4. The fraction of sp³-hybridized carbons (Fsp3) is 0.417. The van der Waals surface area contributed by atoms with E-state index in [2.05, 4.69) is 36.6 Å². The zero-order valence-electron chi connectivity index (χ0n) is 19.6. The average Bonchev–Trinajstić information content (AvgIpc) is 3.20. The molecule has 3 aromatic heterocycles. The Bertz CT molecular complexity index is 1330. The van der Waals surface area contributed by atoms with E-state index in [1.165, 1.54) is 0 Å². The maximum atomic E-state index is 12.2. The number of piperidine rings is 1. The van der Waals surface area contributed by atoms with Crippen LogP contribution in [0.2, 0.25) is 0 Å². The summed E-state index contributed by atoms with van der Waals surface area (Å²) in [5.74, 6) is 0.745. The van der Waals surface area contributed by atoms with E-state index < -0.39 is 11.7 Å². The largest absolute Gasteiger partial charge is 0.444 e. The number of fused-ring (bicyclic) bond motifs is 2. The monoisotopic (exact) mass is 460 g/mol. The highest BCUT2D eigenvalue weighted by Gasteiger charge is 2.25. The number of carbonyl (C=O) groups is 1. The molecule has 1 amide bonds. The molecule has 5 rings (SSSR count). The summed E-state index contributed by atoms with van der Waals surface area (Å²) in [6.45, 7) is 7.58. The van der Waals surface area contributed by atoms with Crippen molar-refractivity contribution in [2.75, 3.05) is 18.0 Å². The number of nitrogens with one attached hydrogen (secondary N) is 1. The van der Waals surface area contributed by atoms with Crippen LogP contribution >= 0.6 is 0 Å². The Morgan fingerprint density at radius 3 is 2.97 bits per heavy atom. The number of pyridine rings is 1. The van der Waals surface area contributed by atoms with Crippen LogP contribution in [0.3, 0.4) is 0 Å². The van der Waals surface area contributed by atoms with Crippen LogP contribution in [0, 0.1) is 0 Å². The first-order valence-electron chi connectivity index (χ1n) is 11.5. The number of hydrogen-bond acceptors (Lipinski definition) is 8. The van der Waals surface area contributed by atoms with Crippen LogP contribution in [0.4, 0.5) is 10.6 Å². The third-order valence-corrected chi connectivity index (χ3v) is 5.68. The minimum atomic E-state index is -0.526. The van der Waals surface area contributed by atoms with Gasteiger partial charge in [0.05, 0.1) is 18.3 Å². The van der Waals surface area contributed by atoms with Gasteiger partial charge in [-0.25, -0.2) is 19.4 Å². The van der Waals surface area contributed by atoms with E-state index in [0.29, 0.717) is 24.4 Å². The Kier molecular flexibility index (Phi) is 5.72. The van der Waals surface area contributed by atoms with Crippen molar-refractivity contribution in [2.24, 2.45) is 0 Å². The molecule has 0 unspecified atom stereocenters. The standard InChI is InChI=1S/C24H28N8O2/c1-24(2,3)34-23(33)27-18-7-5-11-31(15-18)20-13-26-21-22(28-20)32(30-29-21)14-16-8-9-19-17(12-16)6-4-10-25-19/h4,6,8-10,12-13,18H,5,7,11,14-15H2,1-3H3,(H,27,33)/t18-/m1/s1. The van der Waals surface area contributed by atoms with Crippen LogP contribution in [0.15, 0.2) is 42.7 Å². The summed E-state index contributed by atoms with van der Waals surface area (Å²) >= 11 is 0. The molecule has 10 nitrogen and oxygen atoms in total. The molecule has 0 spiro atoms. The van der Waals surface area contributed by atoms with E-state index in [4.69, 9.17) is 9.72 Å². The zero-order valence-corrected chi connectivity index (χ0v) is 19.6. The van der Waals surface area contributed by atoms with Crippen LogP contribution < -0.4 is 10.2 Å². The predicted molar refractivity (Wildman–Crippen MR) is 129 cm³/mol. The van der Waals surface area contributed by atoms with E-state index in [1.807, 2.05) is 45.0 Å². The molecule has 0 radical (unpaired) electrons. The summed E-state index contributed by atoms with van der Waals surface area (Å²) in [5.41, 5.74) is 2.65. The first-order valence-corrected chi connectivity index (χ1v) is 11.5. The number of carbonyl (C=O) groups excluding carboxylic acids is 1. The Morgan fingerprint density at radius 1 is 1.24 bits per heavy atom. The van der Waals surface area contributed by atoms with Crippen LogP contribution in [0.25, 0.3) is 22.2 Å². The number of anilines is 1. The SMILES string of the molecule is CC(C)(C)OC(=O)N[C@@H]1CCCN(c2cnc3nnn(Cc4ccc5ncccc5c4)c3n2)C1. The Labute approximate surface area is 197 Å². The van der Waals surface area contributed by atoms with Gasteiger partial charge in [-0.15, -0.1) is 5.10 Å². The first-order chi connectivity index (χ1) is 16.3. The van der Waals surface area contributed by atoms with E-state index in [0.717, 1.165) is 41.7 Å². The molecular formula is C24H28N8O2. The third-order valence-electron chi connectivity index (χ3n) is 5.68. The summed E-state index contributed by atoms with van der Waals surface area (Å²) < 4.78 is 7.18. The quantitative estimate of drug-likeness (QED) is 0.494. The minimum Gasteiger partial charge on any atom is -0.444 e. The summed E-state index contributed by atoms with van der Waals surface area (Å²) in [6, 6.07) is 10.1. The lowest BCUT2D eigenvalue weighted by Gasteiger charge is -2.34. The van der Waals surface area contributed by atoms with Crippen molar-refractivity contribution in [1.29, 1.82) is 0 Å². The molecule has 1 fully saturated rings. The van der Waals surface area contributed by atoms with Crippen LogP contribution in [0.1, 0.15) is 39.2 Å². The van der Waals surface area contributed by atoms with E-state index >= 15 is 0 Å². The molecule has 4 heterocycles. The molecule has 1 saturated heterocycles. The molecule has 10 heteroatoms. The second kappa shape index (κ2) is 8.85. The number of nitrogens with zero attached hydrogens (tertiary/aromatic N) is 7. The van der Waals surface area contributed by atoms with Crippen molar-refractivity contribution in [1.82, 2.24) is 35.3 Å². The summed E-state index contributed by atoms with van der Waals surface area (Å²) in [4.78, 5) is 28.0. The highest BCUT2D eigenvalue weighted by atomic mass is 16.6. The van der Waals surface area contributed by atoms with Crippen LogP contribution in [-0.4, -0.2) is 60.8 Å².